The summed E-state index contributed by atoms with van der Waals surface area (Å²) in [5.74, 6) is -1.11. The smallest absolute Gasteiger partial charge is 0.328 e. The number of allylic oxidation sites excluding steroid dienone is 1. The van der Waals surface area contributed by atoms with Crippen LogP contribution in [0, 0.1) is 5.92 Å². The Hall–Kier alpha value is -3.56. The van der Waals surface area contributed by atoms with E-state index in [1.165, 1.54) is 25.2 Å². The number of amides is 4. The molecule has 0 spiro atoms. The van der Waals surface area contributed by atoms with Crippen molar-refractivity contribution in [3.05, 3.63) is 35.9 Å². The second-order valence-electron chi connectivity index (χ2n) is 8.68. The number of urea groups is 1. The molecule has 1 aromatic carbocycles. The van der Waals surface area contributed by atoms with Gasteiger partial charge in [-0.15, -0.1) is 0 Å². The van der Waals surface area contributed by atoms with E-state index in [1.807, 2.05) is 0 Å². The van der Waals surface area contributed by atoms with Crippen LogP contribution in [0.25, 0.3) is 0 Å². The minimum Gasteiger partial charge on any atom is -0.497 e. The maximum Gasteiger partial charge on any atom is 0.328 e. The molecular weight excluding hydrogens is 440 g/mol. The van der Waals surface area contributed by atoms with Gasteiger partial charge in [-0.2, -0.15) is 0 Å². The SMILES string of the molecule is COC(=O)[C@H](NC(=O)[C@@H]1[C@@H](NC(=O)Nc2cccc(OC)c2)CCN1C(=O)C=C(C)C)C(C)C. The first kappa shape index (κ1) is 26.7. The van der Waals surface area contributed by atoms with Gasteiger partial charge >= 0.3 is 12.0 Å². The summed E-state index contributed by atoms with van der Waals surface area (Å²) in [6, 6.07) is 3.78. The number of nitrogens with zero attached hydrogens (tertiary/aromatic N) is 1. The predicted octanol–water partition coefficient (Wildman–Crippen LogP) is 2.07. The van der Waals surface area contributed by atoms with Crippen molar-refractivity contribution in [2.24, 2.45) is 5.92 Å². The van der Waals surface area contributed by atoms with Gasteiger partial charge in [-0.1, -0.05) is 25.5 Å². The molecule has 1 saturated heterocycles. The Balaban J connectivity index is 2.23. The molecule has 0 aliphatic carbocycles. The van der Waals surface area contributed by atoms with E-state index in [1.54, 1.807) is 52.0 Å². The van der Waals surface area contributed by atoms with Gasteiger partial charge in [0.05, 0.1) is 20.3 Å². The summed E-state index contributed by atoms with van der Waals surface area (Å²) in [4.78, 5) is 52.4. The predicted molar refractivity (Wildman–Crippen MR) is 127 cm³/mol. The number of esters is 1. The Morgan fingerprint density at radius 2 is 1.85 bits per heavy atom. The molecule has 3 N–H and O–H groups in total. The third kappa shape index (κ3) is 6.97. The van der Waals surface area contributed by atoms with Crippen molar-refractivity contribution in [2.75, 3.05) is 26.1 Å². The number of methoxy groups -OCH3 is 2. The number of likely N-dealkylation sites (tertiary alicyclic amines) is 1. The number of anilines is 1. The van der Waals surface area contributed by atoms with E-state index < -0.39 is 36.0 Å². The summed E-state index contributed by atoms with van der Waals surface area (Å²) >= 11 is 0. The summed E-state index contributed by atoms with van der Waals surface area (Å²) in [5, 5.41) is 8.21. The van der Waals surface area contributed by atoms with Crippen LogP contribution in [-0.2, 0) is 19.1 Å². The number of hydrogen-bond acceptors (Lipinski definition) is 6. The molecule has 1 aliphatic heterocycles. The molecule has 0 radical (unpaired) electrons. The zero-order valence-corrected chi connectivity index (χ0v) is 20.5. The quantitative estimate of drug-likeness (QED) is 0.391. The summed E-state index contributed by atoms with van der Waals surface area (Å²) in [7, 11) is 2.77. The molecule has 1 aliphatic rings. The lowest BCUT2D eigenvalue weighted by Crippen LogP contribution is -2.58. The highest BCUT2D eigenvalue weighted by atomic mass is 16.5. The molecule has 1 heterocycles. The van der Waals surface area contributed by atoms with Crippen molar-refractivity contribution < 1.29 is 28.7 Å². The maximum absolute atomic E-state index is 13.3. The van der Waals surface area contributed by atoms with E-state index >= 15 is 0 Å². The highest BCUT2D eigenvalue weighted by molar-refractivity contribution is 5.96. The molecule has 0 unspecified atom stereocenters. The molecule has 34 heavy (non-hydrogen) atoms. The first-order valence-electron chi connectivity index (χ1n) is 11.1. The molecule has 0 saturated carbocycles. The van der Waals surface area contributed by atoms with E-state index in [4.69, 9.17) is 9.47 Å². The van der Waals surface area contributed by atoms with Crippen LogP contribution in [-0.4, -0.2) is 67.6 Å². The average molecular weight is 475 g/mol. The Bertz CT molecular complexity index is 941. The number of rotatable bonds is 8. The molecule has 0 aromatic heterocycles. The lowest BCUT2D eigenvalue weighted by atomic mass is 10.0. The van der Waals surface area contributed by atoms with Crippen LogP contribution in [0.3, 0.4) is 0 Å². The lowest BCUT2D eigenvalue weighted by molar-refractivity contribution is -0.147. The van der Waals surface area contributed by atoms with Crippen molar-refractivity contribution in [1.82, 2.24) is 15.5 Å². The third-order valence-electron chi connectivity index (χ3n) is 5.43. The summed E-state index contributed by atoms with van der Waals surface area (Å²) < 4.78 is 9.97. The van der Waals surface area contributed by atoms with Gasteiger partial charge in [0.25, 0.3) is 0 Å². The second-order valence-corrected chi connectivity index (χ2v) is 8.68. The fraction of sp³-hybridized carbons (Fsp3) is 0.500. The topological polar surface area (TPSA) is 126 Å². The summed E-state index contributed by atoms with van der Waals surface area (Å²) in [5.41, 5.74) is 1.30. The van der Waals surface area contributed by atoms with Gasteiger partial charge in [0.2, 0.25) is 11.8 Å². The van der Waals surface area contributed by atoms with Gasteiger partial charge in [0, 0.05) is 24.4 Å². The van der Waals surface area contributed by atoms with Gasteiger partial charge < -0.3 is 30.3 Å². The highest BCUT2D eigenvalue weighted by Gasteiger charge is 2.43. The first-order chi connectivity index (χ1) is 16.1. The van der Waals surface area contributed by atoms with Crippen molar-refractivity contribution in [1.29, 1.82) is 0 Å². The Morgan fingerprint density at radius 3 is 2.44 bits per heavy atom. The maximum atomic E-state index is 13.3. The van der Waals surface area contributed by atoms with Crippen LogP contribution >= 0.6 is 0 Å². The standard InChI is InChI=1S/C24H34N4O6/c1-14(2)12-19(29)28-11-10-18(21(28)22(30)27-20(15(3)4)23(31)34-6)26-24(32)25-16-8-7-9-17(13-16)33-5/h7-9,12-13,15,18,20-21H,10-11H2,1-6H3,(H,27,30)(H2,25,26,32)/t18-,20+,21-/m0/s1. The monoisotopic (exact) mass is 474 g/mol. The van der Waals surface area contributed by atoms with Crippen LogP contribution in [0.5, 0.6) is 5.75 Å². The molecular formula is C24H34N4O6. The molecule has 0 bridgehead atoms. The number of ether oxygens (including phenoxy) is 2. The second kappa shape index (κ2) is 12.1. The van der Waals surface area contributed by atoms with Crippen LogP contribution in [0.2, 0.25) is 0 Å². The van der Waals surface area contributed by atoms with Gasteiger partial charge in [-0.3, -0.25) is 9.59 Å². The molecule has 4 amide bonds. The van der Waals surface area contributed by atoms with Crippen molar-refractivity contribution in [3.8, 4) is 5.75 Å². The molecule has 1 aromatic rings. The van der Waals surface area contributed by atoms with Gasteiger partial charge in [-0.25, -0.2) is 9.59 Å². The minimum absolute atomic E-state index is 0.234. The van der Waals surface area contributed by atoms with E-state index in [-0.39, 0.29) is 18.4 Å². The molecule has 10 nitrogen and oxygen atoms in total. The van der Waals surface area contributed by atoms with E-state index in [0.29, 0.717) is 17.9 Å². The zero-order chi connectivity index (χ0) is 25.4. The van der Waals surface area contributed by atoms with Crippen molar-refractivity contribution in [3.63, 3.8) is 0 Å². The number of carbonyl (C=O) groups excluding carboxylic acids is 4. The fourth-order valence-electron chi connectivity index (χ4n) is 3.74. The Labute approximate surface area is 200 Å². The van der Waals surface area contributed by atoms with Crippen LogP contribution in [0.4, 0.5) is 10.5 Å². The molecule has 186 valence electrons. The lowest BCUT2D eigenvalue weighted by Gasteiger charge is -2.29. The van der Waals surface area contributed by atoms with Crippen LogP contribution < -0.4 is 20.7 Å². The molecule has 10 heteroatoms. The van der Waals surface area contributed by atoms with Gasteiger partial charge in [0.1, 0.15) is 17.8 Å². The Morgan fingerprint density at radius 1 is 1.15 bits per heavy atom. The van der Waals surface area contributed by atoms with E-state index in [9.17, 15) is 19.2 Å². The Kier molecular flexibility index (Phi) is 9.47. The van der Waals surface area contributed by atoms with E-state index in [2.05, 4.69) is 16.0 Å². The summed E-state index contributed by atoms with van der Waals surface area (Å²) in [6.45, 7) is 7.40. The molecule has 3 atom stereocenters. The van der Waals surface area contributed by atoms with Crippen LogP contribution in [0.15, 0.2) is 35.9 Å². The third-order valence-corrected chi connectivity index (χ3v) is 5.43. The first-order valence-corrected chi connectivity index (χ1v) is 11.1. The van der Waals surface area contributed by atoms with Crippen LogP contribution in [0.1, 0.15) is 34.1 Å². The minimum atomic E-state index is -0.995. The molecule has 1 fully saturated rings. The van der Waals surface area contributed by atoms with Crippen molar-refractivity contribution >= 4 is 29.5 Å². The number of hydrogen-bond donors (Lipinski definition) is 3. The normalized spacial score (nSPS) is 18.0. The van der Waals surface area contributed by atoms with Gasteiger partial charge in [0.15, 0.2) is 0 Å². The number of nitrogens with one attached hydrogen (secondary N) is 3. The largest absolute Gasteiger partial charge is 0.497 e. The summed E-state index contributed by atoms with van der Waals surface area (Å²) in [6.07, 6.45) is 1.82. The highest BCUT2D eigenvalue weighted by Crippen LogP contribution is 2.21. The average Bonchev–Trinajstić information content (AvgIpc) is 3.19. The molecule has 2 rings (SSSR count). The van der Waals surface area contributed by atoms with Crippen molar-refractivity contribution in [2.45, 2.75) is 52.2 Å². The number of carbonyl (C=O) groups is 4. The van der Waals surface area contributed by atoms with Gasteiger partial charge in [-0.05, 0) is 38.3 Å². The van der Waals surface area contributed by atoms with E-state index in [0.717, 1.165) is 5.57 Å². The number of benzene rings is 1. The fourth-order valence-corrected chi connectivity index (χ4v) is 3.74. The zero-order valence-electron chi connectivity index (χ0n) is 20.5.